The highest BCUT2D eigenvalue weighted by molar-refractivity contribution is 6.08. The van der Waals surface area contributed by atoms with Crippen molar-refractivity contribution < 1.29 is 26.7 Å². The van der Waals surface area contributed by atoms with E-state index in [9.17, 15) is 26.7 Å². The molecular weight excluding hydrogens is 369 g/mol. The largest absolute Gasteiger partial charge is 0.416 e. The standard InChI is InChI=1S/C18H12F5N3O/c19-17(20)14-7-2-1-6-13(14)16(27)15-8-9-26(25-15)24-12-5-3-4-11(10-12)18(21,22)23/h1-10,17,24H. The van der Waals surface area contributed by atoms with Crippen LogP contribution >= 0.6 is 0 Å². The first-order valence-corrected chi connectivity index (χ1v) is 7.67. The number of carbonyl (C=O) groups is 1. The van der Waals surface area contributed by atoms with Gasteiger partial charge in [-0.1, -0.05) is 30.3 Å². The summed E-state index contributed by atoms with van der Waals surface area (Å²) >= 11 is 0. The molecule has 0 atom stereocenters. The summed E-state index contributed by atoms with van der Waals surface area (Å²) in [4.78, 5) is 13.5. The van der Waals surface area contributed by atoms with Crippen LogP contribution in [-0.2, 0) is 6.18 Å². The van der Waals surface area contributed by atoms with Gasteiger partial charge in [-0.3, -0.25) is 10.2 Å². The van der Waals surface area contributed by atoms with Crippen LogP contribution in [0.1, 0.15) is 33.6 Å². The molecule has 9 heteroatoms. The zero-order valence-corrected chi connectivity index (χ0v) is 13.5. The van der Waals surface area contributed by atoms with Crippen LogP contribution < -0.4 is 5.43 Å². The van der Waals surface area contributed by atoms with E-state index in [2.05, 4.69) is 10.5 Å². The van der Waals surface area contributed by atoms with Gasteiger partial charge >= 0.3 is 6.18 Å². The lowest BCUT2D eigenvalue weighted by molar-refractivity contribution is -0.137. The van der Waals surface area contributed by atoms with Crippen molar-refractivity contribution in [3.63, 3.8) is 0 Å². The summed E-state index contributed by atoms with van der Waals surface area (Å²) in [6.45, 7) is 0. The smallest absolute Gasteiger partial charge is 0.287 e. The van der Waals surface area contributed by atoms with Gasteiger partial charge in [0, 0.05) is 17.3 Å². The molecule has 1 heterocycles. The molecule has 0 spiro atoms. The van der Waals surface area contributed by atoms with E-state index in [0.29, 0.717) is 0 Å². The summed E-state index contributed by atoms with van der Waals surface area (Å²) in [7, 11) is 0. The highest BCUT2D eigenvalue weighted by Crippen LogP contribution is 2.30. The third kappa shape index (κ3) is 4.13. The highest BCUT2D eigenvalue weighted by Gasteiger charge is 2.30. The van der Waals surface area contributed by atoms with E-state index in [0.717, 1.165) is 23.0 Å². The molecule has 2 aromatic carbocycles. The first kappa shape index (κ1) is 18.6. The fourth-order valence-electron chi connectivity index (χ4n) is 2.44. The Kier molecular flexibility index (Phi) is 4.93. The quantitative estimate of drug-likeness (QED) is 0.503. The Balaban J connectivity index is 1.83. The molecule has 0 unspecified atom stereocenters. The van der Waals surface area contributed by atoms with Gasteiger partial charge in [0.25, 0.3) is 6.43 Å². The Morgan fingerprint density at radius 3 is 2.48 bits per heavy atom. The number of rotatable bonds is 5. The number of benzene rings is 2. The predicted octanol–water partition coefficient (Wildman–Crippen LogP) is 4.95. The Bertz CT molecular complexity index is 965. The van der Waals surface area contributed by atoms with Crippen molar-refractivity contribution >= 4 is 11.5 Å². The lowest BCUT2D eigenvalue weighted by atomic mass is 10.0. The zero-order valence-electron chi connectivity index (χ0n) is 13.5. The van der Waals surface area contributed by atoms with Gasteiger partial charge in [0.2, 0.25) is 5.78 Å². The molecule has 0 aliphatic rings. The van der Waals surface area contributed by atoms with Gasteiger partial charge < -0.3 is 0 Å². The average Bonchev–Trinajstić information content (AvgIpc) is 3.09. The SMILES string of the molecule is O=C(c1ccn(Nc2cccc(C(F)(F)F)c2)n1)c1ccccc1C(F)F. The normalized spacial score (nSPS) is 11.6. The van der Waals surface area contributed by atoms with Gasteiger partial charge in [-0.15, -0.1) is 5.10 Å². The minimum Gasteiger partial charge on any atom is -0.287 e. The Morgan fingerprint density at radius 2 is 1.78 bits per heavy atom. The van der Waals surface area contributed by atoms with E-state index in [-0.39, 0.29) is 16.9 Å². The monoisotopic (exact) mass is 381 g/mol. The highest BCUT2D eigenvalue weighted by atomic mass is 19.4. The second-order valence-corrected chi connectivity index (χ2v) is 5.55. The van der Waals surface area contributed by atoms with Crippen LogP contribution in [0.2, 0.25) is 0 Å². The number of hydrogen-bond donors (Lipinski definition) is 1. The summed E-state index contributed by atoms with van der Waals surface area (Å²) in [6.07, 6.45) is -6.02. The van der Waals surface area contributed by atoms with E-state index in [4.69, 9.17) is 0 Å². The number of halogens is 5. The topological polar surface area (TPSA) is 46.9 Å². The van der Waals surface area contributed by atoms with E-state index < -0.39 is 29.5 Å². The van der Waals surface area contributed by atoms with Crippen LogP contribution in [-0.4, -0.2) is 15.7 Å². The third-order valence-corrected chi connectivity index (χ3v) is 3.70. The lowest BCUT2D eigenvalue weighted by Crippen LogP contribution is -2.13. The van der Waals surface area contributed by atoms with Crippen LogP contribution in [0, 0.1) is 0 Å². The van der Waals surface area contributed by atoms with Crippen LogP contribution in [0.4, 0.5) is 27.6 Å². The molecule has 0 saturated carbocycles. The summed E-state index contributed by atoms with van der Waals surface area (Å²) in [5, 5.41) is 3.90. The summed E-state index contributed by atoms with van der Waals surface area (Å²) < 4.78 is 64.4. The first-order chi connectivity index (χ1) is 12.8. The second kappa shape index (κ2) is 7.18. The van der Waals surface area contributed by atoms with E-state index >= 15 is 0 Å². The minimum absolute atomic E-state index is 0.0971. The number of anilines is 1. The predicted molar refractivity (Wildman–Crippen MR) is 87.5 cm³/mol. The number of ketones is 1. The number of carbonyl (C=O) groups excluding carboxylic acids is 1. The van der Waals surface area contributed by atoms with Crippen molar-refractivity contribution in [1.82, 2.24) is 9.89 Å². The molecule has 0 radical (unpaired) electrons. The Hall–Kier alpha value is -3.23. The minimum atomic E-state index is -4.50. The van der Waals surface area contributed by atoms with E-state index in [1.807, 2.05) is 0 Å². The molecule has 0 bridgehead atoms. The van der Waals surface area contributed by atoms with Crippen molar-refractivity contribution in [3.05, 3.63) is 83.2 Å². The maximum Gasteiger partial charge on any atom is 0.416 e. The molecule has 0 aliphatic carbocycles. The van der Waals surface area contributed by atoms with Crippen molar-refractivity contribution in [2.24, 2.45) is 0 Å². The number of nitrogens with zero attached hydrogens (tertiary/aromatic N) is 2. The number of alkyl halides is 5. The molecule has 0 fully saturated rings. The van der Waals surface area contributed by atoms with Gasteiger partial charge in [-0.2, -0.15) is 18.0 Å². The number of hydrogen-bond acceptors (Lipinski definition) is 3. The number of nitrogens with one attached hydrogen (secondary N) is 1. The van der Waals surface area contributed by atoms with E-state index in [1.54, 1.807) is 0 Å². The van der Waals surface area contributed by atoms with Crippen molar-refractivity contribution in [2.45, 2.75) is 12.6 Å². The molecule has 27 heavy (non-hydrogen) atoms. The van der Waals surface area contributed by atoms with Crippen LogP contribution in [0.15, 0.2) is 60.8 Å². The van der Waals surface area contributed by atoms with Gasteiger partial charge in [0.1, 0.15) is 5.69 Å². The summed E-state index contributed by atoms with van der Waals surface area (Å²) in [5.41, 5.74) is 1.12. The molecule has 1 aromatic heterocycles. The van der Waals surface area contributed by atoms with Gasteiger partial charge in [0.15, 0.2) is 0 Å². The maximum atomic E-state index is 13.0. The van der Waals surface area contributed by atoms with E-state index in [1.165, 1.54) is 42.6 Å². The zero-order chi connectivity index (χ0) is 19.6. The summed E-state index contributed by atoms with van der Waals surface area (Å²) in [5.74, 6) is -0.713. The maximum absolute atomic E-state index is 13.0. The van der Waals surface area contributed by atoms with Gasteiger partial charge in [-0.25, -0.2) is 8.78 Å². The molecule has 1 N–H and O–H groups in total. The fourth-order valence-corrected chi connectivity index (χ4v) is 2.44. The molecule has 0 amide bonds. The molecule has 0 aliphatic heterocycles. The number of aromatic nitrogens is 2. The fraction of sp³-hybridized carbons (Fsp3) is 0.111. The summed E-state index contributed by atoms with van der Waals surface area (Å²) in [6, 6.07) is 11.0. The second-order valence-electron chi connectivity index (χ2n) is 5.55. The molecule has 140 valence electrons. The Labute approximate surface area is 150 Å². The van der Waals surface area contributed by atoms with Crippen LogP contribution in [0.25, 0.3) is 0 Å². The van der Waals surface area contributed by atoms with Crippen LogP contribution in [0.5, 0.6) is 0 Å². The van der Waals surface area contributed by atoms with Gasteiger partial charge in [0.05, 0.1) is 11.3 Å². The average molecular weight is 381 g/mol. The lowest BCUT2D eigenvalue weighted by Gasteiger charge is -2.10. The van der Waals surface area contributed by atoms with Crippen molar-refractivity contribution in [2.75, 3.05) is 5.43 Å². The van der Waals surface area contributed by atoms with Crippen LogP contribution in [0.3, 0.4) is 0 Å². The molecule has 4 nitrogen and oxygen atoms in total. The Morgan fingerprint density at radius 1 is 1.04 bits per heavy atom. The molecule has 0 saturated heterocycles. The molecular formula is C18H12F5N3O. The van der Waals surface area contributed by atoms with Gasteiger partial charge in [-0.05, 0) is 24.3 Å². The first-order valence-electron chi connectivity index (χ1n) is 7.67. The third-order valence-electron chi connectivity index (χ3n) is 3.70. The van der Waals surface area contributed by atoms with Crippen molar-refractivity contribution in [1.29, 1.82) is 0 Å². The molecule has 3 aromatic rings. The van der Waals surface area contributed by atoms with Crippen molar-refractivity contribution in [3.8, 4) is 0 Å². The molecule has 3 rings (SSSR count).